The van der Waals surface area contributed by atoms with E-state index in [-0.39, 0.29) is 17.7 Å². The summed E-state index contributed by atoms with van der Waals surface area (Å²) in [6.07, 6.45) is 1.27. The minimum atomic E-state index is -1.04. The quantitative estimate of drug-likeness (QED) is 0.237. The smallest absolute Gasteiger partial charge is 0.162 e. The third-order valence-electron chi connectivity index (χ3n) is 5.30. The van der Waals surface area contributed by atoms with Crippen molar-refractivity contribution < 1.29 is 31.5 Å². The van der Waals surface area contributed by atoms with Gasteiger partial charge in [-0.25, -0.2) is 17.6 Å². The molecule has 37 heavy (non-hydrogen) atoms. The first-order valence-electron chi connectivity index (χ1n) is 11.3. The topological polar surface area (TPSA) is 38.3 Å². The zero-order valence-corrected chi connectivity index (χ0v) is 22.1. The van der Waals surface area contributed by atoms with E-state index in [4.69, 9.17) is 16.3 Å². The van der Waals surface area contributed by atoms with E-state index < -0.39 is 28.9 Å². The summed E-state index contributed by atoms with van der Waals surface area (Å²) in [4.78, 5) is 10.5. The molecular weight excluding hydrogens is 513 g/mol. The molecule has 0 saturated heterocycles. The van der Waals surface area contributed by atoms with Crippen molar-refractivity contribution in [3.8, 4) is 5.75 Å². The summed E-state index contributed by atoms with van der Waals surface area (Å²) in [6, 6.07) is 14.4. The highest BCUT2D eigenvalue weighted by molar-refractivity contribution is 6.30. The minimum Gasteiger partial charge on any atom is -0.480 e. The van der Waals surface area contributed by atoms with Gasteiger partial charge in [-0.3, -0.25) is 9.18 Å². The van der Waals surface area contributed by atoms with Crippen molar-refractivity contribution >= 4 is 17.9 Å². The Kier molecular flexibility index (Phi) is 13.3. The van der Waals surface area contributed by atoms with Crippen LogP contribution < -0.4 is 10.1 Å². The van der Waals surface area contributed by atoms with Gasteiger partial charge >= 0.3 is 0 Å². The lowest BCUT2D eigenvalue weighted by Gasteiger charge is -2.24. The van der Waals surface area contributed by atoms with Crippen molar-refractivity contribution in [1.82, 2.24) is 5.32 Å². The van der Waals surface area contributed by atoms with E-state index in [9.17, 15) is 26.7 Å². The zero-order valence-electron chi connectivity index (χ0n) is 21.3. The molecule has 0 heterocycles. The molecule has 0 spiro atoms. The number of benzene rings is 3. The van der Waals surface area contributed by atoms with Gasteiger partial charge in [-0.15, -0.1) is 0 Å². The van der Waals surface area contributed by atoms with Crippen LogP contribution in [-0.2, 0) is 11.2 Å². The maximum Gasteiger partial charge on any atom is 0.162 e. The molecule has 9 heteroatoms. The molecule has 202 valence electrons. The van der Waals surface area contributed by atoms with Gasteiger partial charge in [-0.2, -0.15) is 0 Å². The number of ether oxygens (including phenoxy) is 1. The van der Waals surface area contributed by atoms with Gasteiger partial charge in [0.1, 0.15) is 17.4 Å². The summed E-state index contributed by atoms with van der Waals surface area (Å²) in [7, 11) is 2.34. The van der Waals surface area contributed by atoms with Gasteiger partial charge < -0.3 is 10.1 Å². The van der Waals surface area contributed by atoms with E-state index in [1.165, 1.54) is 32.0 Å². The van der Waals surface area contributed by atoms with Crippen molar-refractivity contribution in [2.24, 2.45) is 0 Å². The predicted molar refractivity (Wildman–Crippen MR) is 137 cm³/mol. The molecule has 0 saturated carbocycles. The Morgan fingerprint density at radius 3 is 1.97 bits per heavy atom. The molecule has 0 aliphatic carbocycles. The van der Waals surface area contributed by atoms with Crippen LogP contribution in [-0.4, -0.2) is 32.2 Å². The van der Waals surface area contributed by atoms with Gasteiger partial charge in [0.05, 0.1) is 7.18 Å². The number of carbonyl (C=O) groups is 1. The Bertz CT molecular complexity index is 1110. The monoisotopic (exact) mass is 543 g/mol. The third-order valence-corrected chi connectivity index (χ3v) is 5.55. The largest absolute Gasteiger partial charge is 0.480 e. The van der Waals surface area contributed by atoms with Crippen LogP contribution in [0.5, 0.6) is 5.75 Å². The van der Waals surface area contributed by atoms with Gasteiger partial charge in [-0.05, 0) is 81.8 Å². The summed E-state index contributed by atoms with van der Waals surface area (Å²) in [5.41, 5.74) is 0.699. The highest BCUT2D eigenvalue weighted by Crippen LogP contribution is 2.27. The predicted octanol–water partition coefficient (Wildman–Crippen LogP) is 7.46. The van der Waals surface area contributed by atoms with Crippen LogP contribution in [0.25, 0.3) is 0 Å². The van der Waals surface area contributed by atoms with Gasteiger partial charge in [0.15, 0.2) is 23.5 Å². The zero-order chi connectivity index (χ0) is 28.2. The van der Waals surface area contributed by atoms with E-state index in [2.05, 4.69) is 5.32 Å². The molecule has 3 nitrogen and oxygen atoms in total. The van der Waals surface area contributed by atoms with E-state index in [0.717, 1.165) is 23.8 Å². The van der Waals surface area contributed by atoms with Crippen LogP contribution in [0.4, 0.5) is 22.0 Å². The molecule has 1 N–H and O–H groups in total. The highest BCUT2D eigenvalue weighted by Gasteiger charge is 2.20. The fourth-order valence-corrected chi connectivity index (χ4v) is 3.44. The number of rotatable bonds is 8. The molecular formula is C28H31ClF5NO2. The molecule has 0 radical (unpaired) electrons. The molecule has 2 unspecified atom stereocenters. The van der Waals surface area contributed by atoms with Crippen LogP contribution in [0.2, 0.25) is 5.02 Å². The Labute approximate surface area is 219 Å². The fourth-order valence-electron chi connectivity index (χ4n) is 3.32. The fraction of sp³-hybridized carbons (Fsp3) is 0.321. The van der Waals surface area contributed by atoms with E-state index in [1.807, 2.05) is 38.2 Å². The lowest BCUT2D eigenvalue weighted by molar-refractivity contribution is -0.119. The maximum absolute atomic E-state index is 13.5. The first kappa shape index (κ1) is 32.1. The Balaban J connectivity index is 0.000000372. The summed E-state index contributed by atoms with van der Waals surface area (Å²) in [5, 5.41) is 3.84. The van der Waals surface area contributed by atoms with Crippen LogP contribution >= 0.6 is 11.6 Å². The van der Waals surface area contributed by atoms with Crippen LogP contribution in [0.3, 0.4) is 0 Å². The first-order chi connectivity index (χ1) is 17.4. The SMILES string of the molecule is CC(C)(C=O)Oc1ccc(F)c(F)c1.CF.CNC(C)C(Cc1ccc(Cl)cc1)c1cc(F)cc(F)c1. The highest BCUT2D eigenvalue weighted by atomic mass is 35.5. The number of halogens is 6. The average Bonchev–Trinajstić information content (AvgIpc) is 2.86. The molecule has 0 bridgehead atoms. The molecule has 0 aromatic heterocycles. The second-order valence-electron chi connectivity index (χ2n) is 8.62. The molecule has 2 atom stereocenters. The summed E-state index contributed by atoms with van der Waals surface area (Å²) >= 11 is 5.89. The second-order valence-corrected chi connectivity index (χ2v) is 9.05. The number of hydrogen-bond acceptors (Lipinski definition) is 3. The average molecular weight is 544 g/mol. The number of alkyl halides is 1. The first-order valence-corrected chi connectivity index (χ1v) is 11.7. The van der Waals surface area contributed by atoms with Gasteiger partial charge in [0, 0.05) is 29.1 Å². The van der Waals surface area contributed by atoms with E-state index in [0.29, 0.717) is 30.5 Å². The van der Waals surface area contributed by atoms with E-state index >= 15 is 0 Å². The van der Waals surface area contributed by atoms with Crippen molar-refractivity contribution in [3.63, 3.8) is 0 Å². The summed E-state index contributed by atoms with van der Waals surface area (Å²) < 4.78 is 66.8. The standard InChI is InChI=1S/C17H18ClF2N.C10H10F2O2.CH3F/c1-11(21-2)17(7-12-3-5-14(18)6-4-12)13-8-15(19)10-16(20)9-13;1-10(2,6-13)14-7-3-4-8(11)9(12)5-7;1-2/h3-6,8-11,17,21H,7H2,1-2H3;3-6H,1-2H3;1H3. The lowest BCUT2D eigenvalue weighted by atomic mass is 9.86. The lowest BCUT2D eigenvalue weighted by Crippen LogP contribution is -2.30. The normalized spacial score (nSPS) is 12.3. The number of hydrogen-bond donors (Lipinski definition) is 1. The van der Waals surface area contributed by atoms with Crippen molar-refractivity contribution in [2.75, 3.05) is 14.2 Å². The van der Waals surface area contributed by atoms with Crippen LogP contribution in [0.15, 0.2) is 60.7 Å². The van der Waals surface area contributed by atoms with Crippen molar-refractivity contribution in [2.45, 2.75) is 44.8 Å². The number of nitrogens with one attached hydrogen (secondary N) is 1. The molecule has 0 aliphatic heterocycles. The summed E-state index contributed by atoms with van der Waals surface area (Å²) in [5.74, 6) is -2.93. The van der Waals surface area contributed by atoms with Gasteiger partial charge in [0.25, 0.3) is 0 Å². The number of aldehydes is 1. The molecule has 3 rings (SSSR count). The third kappa shape index (κ3) is 10.9. The minimum absolute atomic E-state index is 0.0265. The molecule has 0 fully saturated rings. The van der Waals surface area contributed by atoms with Crippen molar-refractivity contribution in [3.05, 3.63) is 100 Å². The van der Waals surface area contributed by atoms with E-state index in [1.54, 1.807) is 0 Å². The van der Waals surface area contributed by atoms with Gasteiger partial charge in [-0.1, -0.05) is 23.7 Å². The Morgan fingerprint density at radius 2 is 1.49 bits per heavy atom. The number of carbonyl (C=O) groups excluding carboxylic acids is 1. The van der Waals surface area contributed by atoms with Crippen LogP contribution in [0, 0.1) is 23.3 Å². The second kappa shape index (κ2) is 15.3. The molecule has 3 aromatic rings. The Hall–Kier alpha value is -2.97. The maximum atomic E-state index is 13.5. The molecule has 0 aliphatic rings. The number of likely N-dealkylation sites (N-methyl/N-ethyl adjacent to an activating group) is 1. The van der Waals surface area contributed by atoms with Crippen molar-refractivity contribution in [1.29, 1.82) is 0 Å². The molecule has 0 amide bonds. The Morgan fingerprint density at radius 1 is 0.919 bits per heavy atom. The van der Waals surface area contributed by atoms with Gasteiger partial charge in [0.2, 0.25) is 0 Å². The summed E-state index contributed by atoms with van der Waals surface area (Å²) in [6.45, 7) is 5.06. The molecule has 3 aromatic carbocycles. The van der Waals surface area contributed by atoms with Crippen LogP contribution in [0.1, 0.15) is 37.8 Å².